The molecule has 1 aliphatic heterocycles. The van der Waals surface area contributed by atoms with Crippen LogP contribution in [-0.4, -0.2) is 60.3 Å². The maximum absolute atomic E-state index is 13.1. The molecule has 2 rings (SSSR count). The molecule has 1 heterocycles. The quantitative estimate of drug-likeness (QED) is 0.764. The van der Waals surface area contributed by atoms with E-state index in [-0.39, 0.29) is 29.8 Å². The summed E-state index contributed by atoms with van der Waals surface area (Å²) in [6.45, 7) is 6.35. The van der Waals surface area contributed by atoms with E-state index in [1.165, 1.54) is 21.3 Å². The summed E-state index contributed by atoms with van der Waals surface area (Å²) in [4.78, 5) is 25.2. The predicted molar refractivity (Wildman–Crippen MR) is 102 cm³/mol. The highest BCUT2D eigenvalue weighted by Gasteiger charge is 2.31. The van der Waals surface area contributed by atoms with Crippen molar-refractivity contribution in [2.24, 2.45) is 0 Å². The fourth-order valence-corrected chi connectivity index (χ4v) is 5.09. The molecule has 1 atom stereocenters. The van der Waals surface area contributed by atoms with Crippen LogP contribution in [0.1, 0.15) is 55.5 Å². The van der Waals surface area contributed by atoms with Crippen LogP contribution in [0.25, 0.3) is 0 Å². The number of benzene rings is 1. The van der Waals surface area contributed by atoms with Crippen LogP contribution in [-0.2, 0) is 14.8 Å². The third kappa shape index (κ3) is 4.87. The van der Waals surface area contributed by atoms with Crippen molar-refractivity contribution >= 4 is 21.9 Å². The summed E-state index contributed by atoms with van der Waals surface area (Å²) < 4.78 is 27.6. The Bertz CT molecular complexity index is 806. The molecule has 7 nitrogen and oxygen atoms in total. The van der Waals surface area contributed by atoms with E-state index in [2.05, 4.69) is 0 Å². The largest absolute Gasteiger partial charge is 0.481 e. The second kappa shape index (κ2) is 8.84. The summed E-state index contributed by atoms with van der Waals surface area (Å²) >= 11 is 0. The van der Waals surface area contributed by atoms with Crippen LogP contribution in [0.15, 0.2) is 23.1 Å². The highest BCUT2D eigenvalue weighted by atomic mass is 32.2. The van der Waals surface area contributed by atoms with Crippen LogP contribution in [0.5, 0.6) is 0 Å². The molecule has 1 aromatic rings. The Labute approximate surface area is 161 Å². The van der Waals surface area contributed by atoms with Crippen molar-refractivity contribution < 1.29 is 23.1 Å². The van der Waals surface area contributed by atoms with Crippen LogP contribution in [0.2, 0.25) is 0 Å². The summed E-state index contributed by atoms with van der Waals surface area (Å²) in [5.41, 5.74) is 0.965. The molecule has 0 spiro atoms. The van der Waals surface area contributed by atoms with E-state index in [0.29, 0.717) is 24.2 Å². The highest BCUT2D eigenvalue weighted by molar-refractivity contribution is 7.89. The fraction of sp³-hybridized carbons (Fsp3) is 0.579. The first-order valence-corrected chi connectivity index (χ1v) is 10.8. The van der Waals surface area contributed by atoms with Gasteiger partial charge in [0.15, 0.2) is 0 Å². The molecule has 1 aliphatic rings. The Morgan fingerprint density at radius 3 is 2.59 bits per heavy atom. The zero-order valence-electron chi connectivity index (χ0n) is 16.1. The highest BCUT2D eigenvalue weighted by Crippen LogP contribution is 2.26. The fourth-order valence-electron chi connectivity index (χ4n) is 3.36. The number of rotatable bonds is 7. The lowest BCUT2D eigenvalue weighted by molar-refractivity contribution is -0.137. The smallest absolute Gasteiger partial charge is 0.305 e. The molecule has 1 fully saturated rings. The third-order valence-corrected chi connectivity index (χ3v) is 7.06. The number of hydrogen-bond acceptors (Lipinski definition) is 4. The summed E-state index contributed by atoms with van der Waals surface area (Å²) in [6.07, 6.45) is 2.53. The van der Waals surface area contributed by atoms with E-state index in [4.69, 9.17) is 5.11 Å². The van der Waals surface area contributed by atoms with E-state index >= 15 is 0 Å². The minimum absolute atomic E-state index is 0.0630. The summed E-state index contributed by atoms with van der Waals surface area (Å²) in [7, 11) is -3.67. The number of sulfonamides is 1. The van der Waals surface area contributed by atoms with Gasteiger partial charge in [-0.15, -0.1) is 0 Å². The first kappa shape index (κ1) is 21.4. The standard InChI is InChI=1S/C19H28N2O5S/c1-4-20(12-10-18(22)23)19(24)17-13-16(9-8-14(17)2)27(25,26)21-11-6-5-7-15(21)3/h8-9,13,15H,4-7,10-12H2,1-3H3,(H,22,23). The Morgan fingerprint density at radius 2 is 2.00 bits per heavy atom. The molecule has 1 unspecified atom stereocenters. The third-order valence-electron chi connectivity index (χ3n) is 5.05. The van der Waals surface area contributed by atoms with Crippen LogP contribution < -0.4 is 0 Å². The van der Waals surface area contributed by atoms with E-state index in [1.807, 2.05) is 6.92 Å². The average molecular weight is 397 g/mol. The second-order valence-corrected chi connectivity index (χ2v) is 8.86. The molecule has 0 saturated carbocycles. The molecule has 0 bridgehead atoms. The molecule has 0 aromatic heterocycles. The van der Waals surface area contributed by atoms with Crippen molar-refractivity contribution in [1.29, 1.82) is 0 Å². The predicted octanol–water partition coefficient (Wildman–Crippen LogP) is 2.49. The normalized spacial score (nSPS) is 18.3. The summed E-state index contributed by atoms with van der Waals surface area (Å²) in [5.74, 6) is -1.33. The first-order valence-electron chi connectivity index (χ1n) is 9.32. The number of carbonyl (C=O) groups is 2. The van der Waals surface area contributed by atoms with Gasteiger partial charge in [0, 0.05) is 31.2 Å². The van der Waals surface area contributed by atoms with E-state index in [9.17, 15) is 18.0 Å². The SMILES string of the molecule is CCN(CCC(=O)O)C(=O)c1cc(S(=O)(=O)N2CCCCC2C)ccc1C. The molecule has 150 valence electrons. The van der Waals surface area contributed by atoms with Gasteiger partial charge in [0.2, 0.25) is 10.0 Å². The van der Waals surface area contributed by atoms with Gasteiger partial charge in [-0.2, -0.15) is 4.31 Å². The number of piperidine rings is 1. The van der Waals surface area contributed by atoms with Gasteiger partial charge < -0.3 is 10.0 Å². The number of carboxylic acids is 1. The summed E-state index contributed by atoms with van der Waals surface area (Å²) in [5, 5.41) is 8.86. The molecule has 1 N–H and O–H groups in total. The number of carbonyl (C=O) groups excluding carboxylic acids is 1. The molecule has 1 amide bonds. The zero-order chi connectivity index (χ0) is 20.2. The second-order valence-electron chi connectivity index (χ2n) is 6.97. The minimum Gasteiger partial charge on any atom is -0.481 e. The topological polar surface area (TPSA) is 95.0 Å². The molecule has 27 heavy (non-hydrogen) atoms. The Balaban J connectivity index is 2.34. The number of carboxylic acid groups (broad SMARTS) is 1. The Kier molecular flexibility index (Phi) is 7.00. The van der Waals surface area contributed by atoms with Crippen molar-refractivity contribution in [3.8, 4) is 0 Å². The number of aryl methyl sites for hydroxylation is 1. The van der Waals surface area contributed by atoms with Crippen LogP contribution in [0, 0.1) is 6.92 Å². The lowest BCUT2D eigenvalue weighted by Gasteiger charge is -2.32. The van der Waals surface area contributed by atoms with Crippen LogP contribution in [0.3, 0.4) is 0 Å². The van der Waals surface area contributed by atoms with E-state index in [1.54, 1.807) is 19.9 Å². The number of hydrogen-bond donors (Lipinski definition) is 1. The van der Waals surface area contributed by atoms with Crippen LogP contribution >= 0.6 is 0 Å². The number of aliphatic carboxylic acids is 1. The van der Waals surface area contributed by atoms with Crippen molar-refractivity contribution in [2.45, 2.75) is 57.4 Å². The van der Waals surface area contributed by atoms with Crippen molar-refractivity contribution in [2.75, 3.05) is 19.6 Å². The molecule has 1 saturated heterocycles. The lowest BCUT2D eigenvalue weighted by Crippen LogP contribution is -2.42. The maximum atomic E-state index is 13.1. The molecule has 8 heteroatoms. The average Bonchev–Trinajstić information content (AvgIpc) is 2.62. The number of amides is 1. The molecular formula is C19H28N2O5S. The molecule has 0 radical (unpaired) electrons. The Morgan fingerprint density at radius 1 is 1.30 bits per heavy atom. The van der Waals surface area contributed by atoms with Gasteiger partial charge in [-0.1, -0.05) is 12.5 Å². The minimum atomic E-state index is -3.67. The van der Waals surface area contributed by atoms with Gasteiger partial charge >= 0.3 is 5.97 Å². The van der Waals surface area contributed by atoms with E-state index in [0.717, 1.165) is 19.3 Å². The first-order chi connectivity index (χ1) is 12.7. The molecule has 0 aliphatic carbocycles. The van der Waals surface area contributed by atoms with Crippen LogP contribution in [0.4, 0.5) is 0 Å². The lowest BCUT2D eigenvalue weighted by atomic mass is 10.1. The van der Waals surface area contributed by atoms with Crippen molar-refractivity contribution in [3.63, 3.8) is 0 Å². The molecule has 1 aromatic carbocycles. The monoisotopic (exact) mass is 396 g/mol. The van der Waals surface area contributed by atoms with Gasteiger partial charge in [-0.3, -0.25) is 9.59 Å². The number of nitrogens with zero attached hydrogens (tertiary/aromatic N) is 2. The van der Waals surface area contributed by atoms with Crippen molar-refractivity contribution in [3.05, 3.63) is 29.3 Å². The maximum Gasteiger partial charge on any atom is 0.305 e. The van der Waals surface area contributed by atoms with Gasteiger partial charge in [0.25, 0.3) is 5.91 Å². The van der Waals surface area contributed by atoms with E-state index < -0.39 is 16.0 Å². The van der Waals surface area contributed by atoms with Gasteiger partial charge in [-0.25, -0.2) is 8.42 Å². The van der Waals surface area contributed by atoms with Gasteiger partial charge in [0.1, 0.15) is 0 Å². The molecular weight excluding hydrogens is 368 g/mol. The zero-order valence-corrected chi connectivity index (χ0v) is 17.0. The van der Waals surface area contributed by atoms with Gasteiger partial charge in [-0.05, 0) is 51.3 Å². The Hall–Kier alpha value is -1.93. The van der Waals surface area contributed by atoms with Crippen molar-refractivity contribution in [1.82, 2.24) is 9.21 Å². The summed E-state index contributed by atoms with van der Waals surface area (Å²) in [6, 6.07) is 4.54. The van der Waals surface area contributed by atoms with Gasteiger partial charge in [0.05, 0.1) is 11.3 Å².